The third-order valence-corrected chi connectivity index (χ3v) is 3.56. The van der Waals surface area contributed by atoms with E-state index < -0.39 is 0 Å². The highest BCUT2D eigenvalue weighted by Gasteiger charge is 2.40. The van der Waals surface area contributed by atoms with Crippen LogP contribution >= 0.6 is 0 Å². The molecule has 0 bridgehead atoms. The van der Waals surface area contributed by atoms with Crippen LogP contribution in [0.4, 0.5) is 0 Å². The van der Waals surface area contributed by atoms with Crippen LogP contribution in [0.25, 0.3) is 0 Å². The number of nitrogens with one attached hydrogen (secondary N) is 1. The molecule has 0 amide bonds. The summed E-state index contributed by atoms with van der Waals surface area (Å²) in [7, 11) is 5.86. The Balaban J connectivity index is 2.51. The highest BCUT2D eigenvalue weighted by Crippen LogP contribution is 2.30. The quantitative estimate of drug-likeness (QED) is 0.696. The summed E-state index contributed by atoms with van der Waals surface area (Å²) in [4.78, 5) is 2.14. The molecule has 96 valence electrons. The number of nitrogens with zero attached hydrogens (tertiary/aromatic N) is 1. The summed E-state index contributed by atoms with van der Waals surface area (Å²) in [6.45, 7) is 2.05. The maximum absolute atomic E-state index is 9.65. The summed E-state index contributed by atoms with van der Waals surface area (Å²) in [5.74, 6) is 0. The van der Waals surface area contributed by atoms with E-state index in [9.17, 15) is 5.11 Å². The minimum absolute atomic E-state index is 0.147. The van der Waals surface area contributed by atoms with Crippen LogP contribution in [0.2, 0.25) is 0 Å². The number of ether oxygens (including phenoxy) is 1. The number of aliphatic hydroxyl groups excluding tert-OH is 1. The molecule has 16 heavy (non-hydrogen) atoms. The number of hydrogen-bond acceptors (Lipinski definition) is 4. The highest BCUT2D eigenvalue weighted by molar-refractivity contribution is 4.98. The first-order chi connectivity index (χ1) is 7.64. The van der Waals surface area contributed by atoms with Crippen molar-refractivity contribution in [1.82, 2.24) is 10.2 Å². The molecule has 0 saturated heterocycles. The smallest absolute Gasteiger partial charge is 0.0775 e. The van der Waals surface area contributed by atoms with Crippen LogP contribution in [0.15, 0.2) is 0 Å². The summed E-state index contributed by atoms with van der Waals surface area (Å²) < 4.78 is 5.52. The van der Waals surface area contributed by atoms with E-state index in [-0.39, 0.29) is 18.2 Å². The molecule has 0 aliphatic heterocycles. The molecule has 1 aliphatic carbocycles. The molecule has 0 aromatic rings. The van der Waals surface area contributed by atoms with E-state index in [4.69, 9.17) is 4.74 Å². The first-order valence-corrected chi connectivity index (χ1v) is 6.18. The monoisotopic (exact) mass is 230 g/mol. The average Bonchev–Trinajstić information content (AvgIpc) is 2.29. The molecule has 1 rings (SSSR count). The maximum atomic E-state index is 9.65. The van der Waals surface area contributed by atoms with Crippen LogP contribution in [0, 0.1) is 0 Å². The van der Waals surface area contributed by atoms with Gasteiger partial charge in [-0.05, 0) is 26.9 Å². The Morgan fingerprint density at radius 2 is 2.19 bits per heavy atom. The first kappa shape index (κ1) is 13.9. The Labute approximate surface area is 99.0 Å². The standard InChI is InChI=1S/C12H26N2O2/c1-14(2)9-8-13-12(10-15)7-5-4-6-11(12)16-3/h11,13,15H,4-10H2,1-3H3. The van der Waals surface area contributed by atoms with Crippen molar-refractivity contribution in [3.8, 4) is 0 Å². The van der Waals surface area contributed by atoms with Gasteiger partial charge in [0.2, 0.25) is 0 Å². The fraction of sp³-hybridized carbons (Fsp3) is 1.00. The van der Waals surface area contributed by atoms with Gasteiger partial charge < -0.3 is 20.1 Å². The minimum Gasteiger partial charge on any atom is -0.394 e. The SMILES string of the molecule is COC1CCCCC1(CO)NCCN(C)C. The Hall–Kier alpha value is -0.160. The van der Waals surface area contributed by atoms with Crippen LogP contribution in [0.3, 0.4) is 0 Å². The second-order valence-corrected chi connectivity index (χ2v) is 5.01. The van der Waals surface area contributed by atoms with Crippen molar-refractivity contribution in [2.24, 2.45) is 0 Å². The molecule has 4 nitrogen and oxygen atoms in total. The van der Waals surface area contributed by atoms with E-state index in [1.54, 1.807) is 7.11 Å². The van der Waals surface area contributed by atoms with Gasteiger partial charge in [0.15, 0.2) is 0 Å². The fourth-order valence-corrected chi connectivity index (χ4v) is 2.52. The van der Waals surface area contributed by atoms with Gasteiger partial charge in [-0.1, -0.05) is 12.8 Å². The van der Waals surface area contributed by atoms with Gasteiger partial charge in [-0.3, -0.25) is 0 Å². The lowest BCUT2D eigenvalue weighted by Crippen LogP contribution is -2.60. The molecule has 0 heterocycles. The molecule has 2 N–H and O–H groups in total. The topological polar surface area (TPSA) is 44.7 Å². The lowest BCUT2D eigenvalue weighted by atomic mass is 9.79. The number of methoxy groups -OCH3 is 1. The summed E-state index contributed by atoms with van der Waals surface area (Å²) in [6, 6.07) is 0. The van der Waals surface area contributed by atoms with Gasteiger partial charge in [-0.25, -0.2) is 0 Å². The van der Waals surface area contributed by atoms with Crippen LogP contribution in [-0.4, -0.2) is 62.6 Å². The number of likely N-dealkylation sites (N-methyl/N-ethyl adjacent to an activating group) is 1. The average molecular weight is 230 g/mol. The van der Waals surface area contributed by atoms with Gasteiger partial charge in [0, 0.05) is 20.2 Å². The van der Waals surface area contributed by atoms with Gasteiger partial charge in [0.25, 0.3) is 0 Å². The number of aliphatic hydroxyl groups is 1. The van der Waals surface area contributed by atoms with Crippen LogP contribution < -0.4 is 5.32 Å². The Kier molecular flexibility index (Phi) is 5.69. The van der Waals surface area contributed by atoms with E-state index in [2.05, 4.69) is 24.3 Å². The maximum Gasteiger partial charge on any atom is 0.0775 e. The summed E-state index contributed by atoms with van der Waals surface area (Å²) in [5.41, 5.74) is -0.219. The van der Waals surface area contributed by atoms with Crippen LogP contribution in [0.5, 0.6) is 0 Å². The zero-order chi connectivity index (χ0) is 12.0. The zero-order valence-corrected chi connectivity index (χ0v) is 10.8. The van der Waals surface area contributed by atoms with Gasteiger partial charge in [0.05, 0.1) is 18.2 Å². The van der Waals surface area contributed by atoms with Crippen molar-refractivity contribution in [1.29, 1.82) is 0 Å². The second-order valence-electron chi connectivity index (χ2n) is 5.01. The lowest BCUT2D eigenvalue weighted by molar-refractivity contribution is -0.0383. The summed E-state index contributed by atoms with van der Waals surface area (Å²) >= 11 is 0. The first-order valence-electron chi connectivity index (χ1n) is 6.18. The molecule has 0 spiro atoms. The van der Waals surface area contributed by atoms with Crippen molar-refractivity contribution >= 4 is 0 Å². The van der Waals surface area contributed by atoms with E-state index in [0.29, 0.717) is 0 Å². The molecular weight excluding hydrogens is 204 g/mol. The van der Waals surface area contributed by atoms with Gasteiger partial charge in [-0.15, -0.1) is 0 Å². The van der Waals surface area contributed by atoms with E-state index in [1.807, 2.05) is 0 Å². The number of rotatable bonds is 6. The third kappa shape index (κ3) is 3.42. The summed E-state index contributed by atoms with van der Waals surface area (Å²) in [5, 5.41) is 13.2. The Bertz CT molecular complexity index is 199. The van der Waals surface area contributed by atoms with E-state index in [1.165, 1.54) is 12.8 Å². The Morgan fingerprint density at radius 3 is 2.75 bits per heavy atom. The molecular formula is C12H26N2O2. The molecule has 0 aromatic heterocycles. The van der Waals surface area contributed by atoms with Gasteiger partial charge in [0.1, 0.15) is 0 Å². The van der Waals surface area contributed by atoms with E-state index >= 15 is 0 Å². The van der Waals surface area contributed by atoms with Gasteiger partial charge >= 0.3 is 0 Å². The lowest BCUT2D eigenvalue weighted by Gasteiger charge is -2.43. The van der Waals surface area contributed by atoms with Crippen LogP contribution in [-0.2, 0) is 4.74 Å². The highest BCUT2D eigenvalue weighted by atomic mass is 16.5. The Morgan fingerprint density at radius 1 is 1.44 bits per heavy atom. The van der Waals surface area contributed by atoms with Crippen molar-refractivity contribution in [2.75, 3.05) is 40.9 Å². The molecule has 2 unspecified atom stereocenters. The van der Waals surface area contributed by atoms with Crippen LogP contribution in [0.1, 0.15) is 25.7 Å². The predicted octanol–water partition coefficient (Wildman–Crippen LogP) is 0.458. The van der Waals surface area contributed by atoms with Crippen molar-refractivity contribution in [3.05, 3.63) is 0 Å². The number of hydrogen-bond donors (Lipinski definition) is 2. The molecule has 1 aliphatic rings. The zero-order valence-electron chi connectivity index (χ0n) is 10.8. The third-order valence-electron chi connectivity index (χ3n) is 3.56. The molecule has 0 aromatic carbocycles. The van der Waals surface area contributed by atoms with Crippen molar-refractivity contribution in [3.63, 3.8) is 0 Å². The molecule has 4 heteroatoms. The van der Waals surface area contributed by atoms with Crippen molar-refractivity contribution < 1.29 is 9.84 Å². The van der Waals surface area contributed by atoms with E-state index in [0.717, 1.165) is 25.9 Å². The minimum atomic E-state index is -0.219. The van der Waals surface area contributed by atoms with Crippen molar-refractivity contribution in [2.45, 2.75) is 37.3 Å². The molecule has 1 saturated carbocycles. The molecule has 2 atom stereocenters. The molecule has 1 fully saturated rings. The second kappa shape index (κ2) is 6.55. The largest absolute Gasteiger partial charge is 0.394 e. The summed E-state index contributed by atoms with van der Waals surface area (Å²) in [6.07, 6.45) is 4.58. The predicted molar refractivity (Wildman–Crippen MR) is 65.6 cm³/mol. The normalized spacial score (nSPS) is 30.9. The molecule has 0 radical (unpaired) electrons. The van der Waals surface area contributed by atoms with Gasteiger partial charge in [-0.2, -0.15) is 0 Å². The fourth-order valence-electron chi connectivity index (χ4n) is 2.52.